The SMILES string of the molecule is COc1cc(C=Nc2ccccc2C)c([N+](=O)[O-])cc1OC. The Morgan fingerprint density at radius 1 is 1.14 bits per heavy atom. The highest BCUT2D eigenvalue weighted by Gasteiger charge is 2.18. The first-order chi connectivity index (χ1) is 10.6. The van der Waals surface area contributed by atoms with Gasteiger partial charge >= 0.3 is 0 Å². The molecule has 0 radical (unpaired) electrons. The summed E-state index contributed by atoms with van der Waals surface area (Å²) in [5.74, 6) is 0.724. The molecule has 2 aromatic carbocycles. The predicted octanol–water partition coefficient (Wildman–Crippen LogP) is 3.67. The van der Waals surface area contributed by atoms with Crippen molar-refractivity contribution in [1.29, 1.82) is 0 Å². The summed E-state index contributed by atoms with van der Waals surface area (Å²) < 4.78 is 10.3. The van der Waals surface area contributed by atoms with Crippen LogP contribution in [0.3, 0.4) is 0 Å². The molecule has 0 spiro atoms. The van der Waals surface area contributed by atoms with Crippen molar-refractivity contribution in [2.45, 2.75) is 6.92 Å². The maximum atomic E-state index is 11.2. The summed E-state index contributed by atoms with van der Waals surface area (Å²) in [6, 6.07) is 10.4. The molecule has 0 saturated carbocycles. The maximum absolute atomic E-state index is 11.2. The molecular weight excluding hydrogens is 284 g/mol. The van der Waals surface area contributed by atoms with Gasteiger partial charge in [-0.05, 0) is 24.6 Å². The Morgan fingerprint density at radius 3 is 2.36 bits per heavy atom. The average molecular weight is 300 g/mol. The number of benzene rings is 2. The molecule has 22 heavy (non-hydrogen) atoms. The number of aryl methyl sites for hydroxylation is 1. The summed E-state index contributed by atoms with van der Waals surface area (Å²) in [7, 11) is 2.91. The number of para-hydroxylation sites is 1. The van der Waals surface area contributed by atoms with E-state index in [1.54, 1.807) is 6.07 Å². The first-order valence-electron chi connectivity index (χ1n) is 6.57. The molecule has 0 atom stereocenters. The minimum Gasteiger partial charge on any atom is -0.493 e. The van der Waals surface area contributed by atoms with Crippen LogP contribution in [0.2, 0.25) is 0 Å². The van der Waals surface area contributed by atoms with E-state index < -0.39 is 4.92 Å². The van der Waals surface area contributed by atoms with Gasteiger partial charge in [0.25, 0.3) is 5.69 Å². The van der Waals surface area contributed by atoms with Crippen LogP contribution in [0.4, 0.5) is 11.4 Å². The highest BCUT2D eigenvalue weighted by atomic mass is 16.6. The van der Waals surface area contributed by atoms with Crippen molar-refractivity contribution in [2.24, 2.45) is 4.99 Å². The lowest BCUT2D eigenvalue weighted by molar-refractivity contribution is -0.385. The van der Waals surface area contributed by atoms with Gasteiger partial charge in [-0.25, -0.2) is 0 Å². The smallest absolute Gasteiger partial charge is 0.282 e. The Labute approximate surface area is 128 Å². The molecule has 6 heteroatoms. The molecule has 6 nitrogen and oxygen atoms in total. The Hall–Kier alpha value is -2.89. The second-order valence-electron chi connectivity index (χ2n) is 4.57. The van der Waals surface area contributed by atoms with Gasteiger partial charge in [-0.2, -0.15) is 0 Å². The summed E-state index contributed by atoms with van der Waals surface area (Å²) in [6.07, 6.45) is 1.46. The molecule has 0 N–H and O–H groups in total. The maximum Gasteiger partial charge on any atom is 0.282 e. The minimum absolute atomic E-state index is 0.0880. The van der Waals surface area contributed by atoms with Crippen molar-refractivity contribution in [3.05, 3.63) is 57.6 Å². The zero-order chi connectivity index (χ0) is 16.1. The molecule has 2 rings (SSSR count). The molecule has 0 aliphatic carbocycles. The third kappa shape index (κ3) is 3.22. The molecule has 0 aromatic heterocycles. The third-order valence-corrected chi connectivity index (χ3v) is 3.19. The Balaban J connectivity index is 2.49. The fourth-order valence-corrected chi connectivity index (χ4v) is 1.99. The van der Waals surface area contributed by atoms with Crippen molar-refractivity contribution < 1.29 is 14.4 Å². The molecule has 2 aromatic rings. The van der Waals surface area contributed by atoms with Gasteiger partial charge in [0, 0.05) is 6.21 Å². The lowest BCUT2D eigenvalue weighted by Crippen LogP contribution is -1.98. The lowest BCUT2D eigenvalue weighted by Gasteiger charge is -2.08. The first-order valence-corrected chi connectivity index (χ1v) is 6.57. The van der Waals surface area contributed by atoms with E-state index in [1.165, 1.54) is 26.5 Å². The molecule has 0 heterocycles. The second kappa shape index (κ2) is 6.71. The van der Waals surface area contributed by atoms with E-state index in [1.807, 2.05) is 31.2 Å². The van der Waals surface area contributed by atoms with Gasteiger partial charge in [0.1, 0.15) is 0 Å². The number of ether oxygens (including phenoxy) is 2. The summed E-state index contributed by atoms with van der Waals surface area (Å²) in [4.78, 5) is 15.1. The topological polar surface area (TPSA) is 74.0 Å². The summed E-state index contributed by atoms with van der Waals surface area (Å²) in [5.41, 5.74) is 2.01. The molecule has 0 amide bonds. The van der Waals surface area contributed by atoms with E-state index in [-0.39, 0.29) is 5.69 Å². The number of hydrogen-bond donors (Lipinski definition) is 0. The van der Waals surface area contributed by atoms with Crippen LogP contribution in [0.1, 0.15) is 11.1 Å². The van der Waals surface area contributed by atoms with E-state index in [9.17, 15) is 10.1 Å². The van der Waals surface area contributed by atoms with Crippen molar-refractivity contribution in [2.75, 3.05) is 14.2 Å². The van der Waals surface area contributed by atoms with Crippen LogP contribution in [0, 0.1) is 17.0 Å². The standard InChI is InChI=1S/C16H16N2O4/c1-11-6-4-5-7-13(11)17-10-12-8-15(21-2)16(22-3)9-14(12)18(19)20/h4-10H,1-3H3. The van der Waals surface area contributed by atoms with Gasteiger partial charge in [0.2, 0.25) is 0 Å². The normalized spacial score (nSPS) is 10.7. The fraction of sp³-hybridized carbons (Fsp3) is 0.188. The highest BCUT2D eigenvalue weighted by Crippen LogP contribution is 2.34. The number of hydrogen-bond acceptors (Lipinski definition) is 5. The molecule has 0 aliphatic heterocycles. The summed E-state index contributed by atoms with van der Waals surface area (Å²) >= 11 is 0. The van der Waals surface area contributed by atoms with Gasteiger partial charge in [-0.3, -0.25) is 15.1 Å². The monoisotopic (exact) mass is 300 g/mol. The zero-order valence-corrected chi connectivity index (χ0v) is 12.6. The quantitative estimate of drug-likeness (QED) is 0.479. The van der Waals surface area contributed by atoms with E-state index in [0.717, 1.165) is 11.3 Å². The molecule has 0 saturated heterocycles. The van der Waals surface area contributed by atoms with Crippen molar-refractivity contribution in [3.8, 4) is 11.5 Å². The van der Waals surface area contributed by atoms with E-state index in [2.05, 4.69) is 4.99 Å². The highest BCUT2D eigenvalue weighted by molar-refractivity contribution is 5.88. The van der Waals surface area contributed by atoms with Crippen LogP contribution < -0.4 is 9.47 Å². The number of nitro benzene ring substituents is 1. The van der Waals surface area contributed by atoms with Gasteiger partial charge < -0.3 is 9.47 Å². The van der Waals surface area contributed by atoms with E-state index in [0.29, 0.717) is 17.1 Å². The number of aliphatic imine (C=N–C) groups is 1. The lowest BCUT2D eigenvalue weighted by atomic mass is 10.1. The third-order valence-electron chi connectivity index (χ3n) is 3.19. The second-order valence-corrected chi connectivity index (χ2v) is 4.57. The first kappa shape index (κ1) is 15.5. The number of nitro groups is 1. The van der Waals surface area contributed by atoms with Crippen LogP contribution in [-0.2, 0) is 0 Å². The number of rotatable bonds is 5. The number of nitrogens with zero attached hydrogens (tertiary/aromatic N) is 2. The minimum atomic E-state index is -0.471. The summed E-state index contributed by atoms with van der Waals surface area (Å²) in [5, 5.41) is 11.2. The van der Waals surface area contributed by atoms with Gasteiger partial charge in [-0.15, -0.1) is 0 Å². The zero-order valence-electron chi connectivity index (χ0n) is 12.6. The van der Waals surface area contributed by atoms with Crippen molar-refractivity contribution >= 4 is 17.6 Å². The molecule has 0 fully saturated rings. The van der Waals surface area contributed by atoms with E-state index >= 15 is 0 Å². The number of methoxy groups -OCH3 is 2. The van der Waals surface area contributed by atoms with Crippen molar-refractivity contribution in [3.63, 3.8) is 0 Å². The Morgan fingerprint density at radius 2 is 1.77 bits per heavy atom. The Kier molecular flexibility index (Phi) is 4.73. The van der Waals surface area contributed by atoms with Crippen LogP contribution in [0.15, 0.2) is 41.4 Å². The Bertz CT molecular complexity index is 726. The van der Waals surface area contributed by atoms with Crippen molar-refractivity contribution in [1.82, 2.24) is 0 Å². The molecular formula is C16H16N2O4. The molecule has 114 valence electrons. The average Bonchev–Trinajstić information content (AvgIpc) is 2.53. The van der Waals surface area contributed by atoms with Crippen LogP contribution in [-0.4, -0.2) is 25.4 Å². The fourth-order valence-electron chi connectivity index (χ4n) is 1.99. The van der Waals surface area contributed by atoms with Crippen LogP contribution in [0.5, 0.6) is 11.5 Å². The summed E-state index contributed by atoms with van der Waals surface area (Å²) in [6.45, 7) is 1.93. The largest absolute Gasteiger partial charge is 0.493 e. The molecule has 0 unspecified atom stereocenters. The van der Waals surface area contributed by atoms with Gasteiger partial charge in [0.05, 0.1) is 36.5 Å². The molecule has 0 aliphatic rings. The van der Waals surface area contributed by atoms with Crippen LogP contribution >= 0.6 is 0 Å². The van der Waals surface area contributed by atoms with Gasteiger partial charge in [-0.1, -0.05) is 18.2 Å². The van der Waals surface area contributed by atoms with Crippen LogP contribution in [0.25, 0.3) is 0 Å². The van der Waals surface area contributed by atoms with E-state index in [4.69, 9.17) is 9.47 Å². The predicted molar refractivity (Wildman–Crippen MR) is 84.6 cm³/mol. The molecule has 0 bridgehead atoms. The van der Waals surface area contributed by atoms with Gasteiger partial charge in [0.15, 0.2) is 11.5 Å².